The van der Waals surface area contributed by atoms with Crippen LogP contribution in [0.2, 0.25) is 0 Å². The maximum absolute atomic E-state index is 14.2. The van der Waals surface area contributed by atoms with Gasteiger partial charge in [0, 0.05) is 37.9 Å². The predicted octanol–water partition coefficient (Wildman–Crippen LogP) is 3.56. The van der Waals surface area contributed by atoms with Crippen molar-refractivity contribution in [2.75, 3.05) is 20.1 Å². The molecule has 11 heteroatoms. The number of nitrogens with one attached hydrogen (secondary N) is 2. The number of halogens is 3. The first-order chi connectivity index (χ1) is 19.1. The lowest BCUT2D eigenvalue weighted by Crippen LogP contribution is -2.47. The number of imidazole rings is 1. The first-order valence-electron chi connectivity index (χ1n) is 13.8. The van der Waals surface area contributed by atoms with Crippen LogP contribution in [0, 0.1) is 22.7 Å². The first kappa shape index (κ1) is 25.4. The molecule has 4 heterocycles. The third-order valence-corrected chi connectivity index (χ3v) is 9.28. The van der Waals surface area contributed by atoms with Crippen molar-refractivity contribution in [3.63, 3.8) is 0 Å². The Hall–Kier alpha value is -3.62. The summed E-state index contributed by atoms with van der Waals surface area (Å²) in [5.41, 5.74) is 7.20. The zero-order valence-corrected chi connectivity index (χ0v) is 22.2. The second-order valence-corrected chi connectivity index (χ2v) is 12.1. The number of alkyl halides is 3. The van der Waals surface area contributed by atoms with Gasteiger partial charge in [-0.3, -0.25) is 13.9 Å². The van der Waals surface area contributed by atoms with E-state index in [1.54, 1.807) is 6.07 Å². The summed E-state index contributed by atoms with van der Waals surface area (Å²) in [7, 11) is 1.96. The number of likely N-dealkylation sites (N-methyl/N-ethyl adjacent to an activating group) is 1. The van der Waals surface area contributed by atoms with Crippen molar-refractivity contribution in [2.24, 2.45) is 11.3 Å². The number of benzene rings is 1. The van der Waals surface area contributed by atoms with Gasteiger partial charge in [-0.05, 0) is 72.4 Å². The SMILES string of the molecule is C[N+]1=CNNC1[C@@H](c1cc(C#N)cc(-n2cc3c(C(F)(F)F)cc(CN4CC5(CC5)C4)cn3c2=O)c1)C1CCC1. The van der Waals surface area contributed by atoms with Crippen molar-refractivity contribution in [1.29, 1.82) is 5.26 Å². The summed E-state index contributed by atoms with van der Waals surface area (Å²) < 4.78 is 47.1. The summed E-state index contributed by atoms with van der Waals surface area (Å²) in [5.74, 6) is 0.406. The van der Waals surface area contributed by atoms with Crippen molar-refractivity contribution >= 4 is 11.9 Å². The maximum atomic E-state index is 14.2. The molecule has 2 aliphatic heterocycles. The molecule has 8 nitrogen and oxygen atoms in total. The maximum Gasteiger partial charge on any atom is 0.418 e. The van der Waals surface area contributed by atoms with E-state index in [1.165, 1.54) is 35.9 Å². The van der Waals surface area contributed by atoms with Crippen LogP contribution in [0.4, 0.5) is 13.2 Å². The quantitative estimate of drug-likeness (QED) is 0.459. The largest absolute Gasteiger partial charge is 0.418 e. The molecular weight excluding hydrogens is 519 g/mol. The minimum atomic E-state index is -4.62. The second kappa shape index (κ2) is 8.94. The molecule has 3 aromatic rings. The van der Waals surface area contributed by atoms with Crippen molar-refractivity contribution in [3.8, 4) is 11.8 Å². The molecule has 208 valence electrons. The Kier molecular flexibility index (Phi) is 5.67. The Morgan fingerprint density at radius 1 is 1.18 bits per heavy atom. The van der Waals surface area contributed by atoms with Gasteiger partial charge in [-0.2, -0.15) is 23.9 Å². The smallest absolute Gasteiger partial charge is 0.298 e. The molecule has 40 heavy (non-hydrogen) atoms. The number of aromatic nitrogens is 2. The molecule has 0 bridgehead atoms. The van der Waals surface area contributed by atoms with Gasteiger partial charge in [0.05, 0.1) is 35.4 Å². The fourth-order valence-corrected chi connectivity index (χ4v) is 6.80. The van der Waals surface area contributed by atoms with Crippen LogP contribution >= 0.6 is 0 Å². The third kappa shape index (κ3) is 4.21. The molecule has 2 atom stereocenters. The number of hydrogen-bond donors (Lipinski definition) is 2. The summed E-state index contributed by atoms with van der Waals surface area (Å²) in [6.45, 7) is 2.17. The van der Waals surface area contributed by atoms with E-state index < -0.39 is 17.4 Å². The lowest BCUT2D eigenvalue weighted by Gasteiger charge is -2.40. The standard InChI is InChI=1S/C29H30F3N7O/c1-36-17-34-35-26(36)25(20-3-2-4-20)21-7-18(11-33)8-22(10-21)38-14-24-23(29(30,31)32)9-19(13-39(24)27(38)40)12-37-15-28(16-37)5-6-28/h7-10,13-14,17,20,25-26,35H,2-6,12,15-16H2,1H3/p+1/t25-,26?/m1/s1. The van der Waals surface area contributed by atoms with E-state index in [4.69, 9.17) is 0 Å². The number of hydrazine groups is 1. The molecule has 4 aliphatic rings. The van der Waals surface area contributed by atoms with Crippen molar-refractivity contribution < 1.29 is 17.7 Å². The summed E-state index contributed by atoms with van der Waals surface area (Å²) in [6.07, 6.45) is 5.55. The molecule has 0 radical (unpaired) electrons. The number of nitriles is 1. The normalized spacial score (nSPS) is 22.9. The van der Waals surface area contributed by atoms with Gasteiger partial charge in [0.25, 0.3) is 6.34 Å². The van der Waals surface area contributed by atoms with E-state index in [1.807, 2.05) is 30.1 Å². The van der Waals surface area contributed by atoms with E-state index in [-0.39, 0.29) is 17.6 Å². The summed E-state index contributed by atoms with van der Waals surface area (Å²) in [4.78, 5) is 15.8. The van der Waals surface area contributed by atoms with Gasteiger partial charge in [-0.25, -0.2) is 9.37 Å². The van der Waals surface area contributed by atoms with Gasteiger partial charge < -0.3 is 0 Å². The summed E-state index contributed by atoms with van der Waals surface area (Å²) in [5, 5.41) is 9.85. The van der Waals surface area contributed by atoms with E-state index in [0.717, 1.165) is 42.3 Å². The Bertz CT molecular complexity index is 1630. The lowest BCUT2D eigenvalue weighted by atomic mass is 9.71. The highest BCUT2D eigenvalue weighted by atomic mass is 19.4. The zero-order chi connectivity index (χ0) is 27.8. The zero-order valence-electron chi connectivity index (χ0n) is 22.2. The van der Waals surface area contributed by atoms with Crippen molar-refractivity contribution in [1.82, 2.24) is 24.7 Å². The molecule has 2 saturated carbocycles. The average molecular weight is 551 g/mol. The van der Waals surface area contributed by atoms with E-state index in [0.29, 0.717) is 34.7 Å². The molecule has 2 aliphatic carbocycles. The number of nitrogens with zero attached hydrogens (tertiary/aromatic N) is 5. The summed E-state index contributed by atoms with van der Waals surface area (Å²) >= 11 is 0. The third-order valence-electron chi connectivity index (χ3n) is 9.28. The van der Waals surface area contributed by atoms with Crippen LogP contribution in [0.25, 0.3) is 11.2 Å². The molecule has 0 amide bonds. The molecule has 2 N–H and O–H groups in total. The molecule has 1 unspecified atom stereocenters. The lowest BCUT2D eigenvalue weighted by molar-refractivity contribution is -0.537. The van der Waals surface area contributed by atoms with Crippen LogP contribution in [-0.4, -0.2) is 51.1 Å². The fourth-order valence-electron chi connectivity index (χ4n) is 6.80. The van der Waals surface area contributed by atoms with Crippen LogP contribution in [0.3, 0.4) is 0 Å². The van der Waals surface area contributed by atoms with Crippen LogP contribution in [-0.2, 0) is 12.7 Å². The Balaban J connectivity index is 1.32. The Morgan fingerprint density at radius 2 is 1.95 bits per heavy atom. The van der Waals surface area contributed by atoms with E-state index in [9.17, 15) is 23.2 Å². The second-order valence-electron chi connectivity index (χ2n) is 12.1. The predicted molar refractivity (Wildman–Crippen MR) is 142 cm³/mol. The van der Waals surface area contributed by atoms with Gasteiger partial charge in [0.2, 0.25) is 0 Å². The Labute approximate surface area is 229 Å². The molecule has 7 rings (SSSR count). The molecular formula is C29H31F3N7O+. The molecule has 1 spiro atoms. The number of fused-ring (bicyclic) bond motifs is 1. The van der Waals surface area contributed by atoms with Gasteiger partial charge in [-0.15, -0.1) is 5.43 Å². The highest BCUT2D eigenvalue weighted by molar-refractivity contribution is 5.59. The van der Waals surface area contributed by atoms with Gasteiger partial charge in [0.15, 0.2) is 6.17 Å². The minimum absolute atomic E-state index is 0.0217. The summed E-state index contributed by atoms with van der Waals surface area (Å²) in [6, 6.07) is 8.61. The van der Waals surface area contributed by atoms with Gasteiger partial charge in [-0.1, -0.05) is 6.42 Å². The average Bonchev–Trinajstić information content (AvgIpc) is 3.45. The molecule has 1 aromatic carbocycles. The number of hydrogen-bond acceptors (Lipinski definition) is 5. The molecule has 3 fully saturated rings. The highest BCUT2D eigenvalue weighted by Gasteiger charge is 2.52. The van der Waals surface area contributed by atoms with Crippen molar-refractivity contribution in [3.05, 3.63) is 69.4 Å². The van der Waals surface area contributed by atoms with Crippen molar-refractivity contribution in [2.45, 2.75) is 56.9 Å². The van der Waals surface area contributed by atoms with Crippen LogP contribution in [0.5, 0.6) is 0 Å². The van der Waals surface area contributed by atoms with Gasteiger partial charge >= 0.3 is 11.9 Å². The fraction of sp³-hybridized carbons (Fsp3) is 0.483. The van der Waals surface area contributed by atoms with Crippen LogP contribution in [0.1, 0.15) is 60.3 Å². The van der Waals surface area contributed by atoms with Gasteiger partial charge in [0.1, 0.15) is 0 Å². The number of likely N-dealkylation sites (tertiary alicyclic amines) is 1. The minimum Gasteiger partial charge on any atom is -0.298 e. The monoisotopic (exact) mass is 550 g/mol. The topological polar surface area (TPSA) is 80.5 Å². The van der Waals surface area contributed by atoms with Crippen LogP contribution < -0.4 is 16.5 Å². The van der Waals surface area contributed by atoms with E-state index >= 15 is 0 Å². The molecule has 1 saturated heterocycles. The highest BCUT2D eigenvalue weighted by Crippen LogP contribution is 2.53. The van der Waals surface area contributed by atoms with E-state index in [2.05, 4.69) is 21.8 Å². The number of rotatable bonds is 6. The first-order valence-corrected chi connectivity index (χ1v) is 13.8. The number of pyridine rings is 1. The van der Waals surface area contributed by atoms with Crippen LogP contribution in [0.15, 0.2) is 41.5 Å². The Morgan fingerprint density at radius 3 is 2.55 bits per heavy atom. The molecule has 2 aromatic heterocycles.